The Morgan fingerprint density at radius 1 is 1.21 bits per heavy atom. The highest BCUT2D eigenvalue weighted by Gasteiger charge is 2.15. The fraction of sp³-hybridized carbons (Fsp3) is 0.571. The second-order valence-corrected chi connectivity index (χ2v) is 7.12. The molecular formula is C14H22ClNO2S. The van der Waals surface area contributed by atoms with Gasteiger partial charge in [-0.1, -0.05) is 25.4 Å². The Balaban J connectivity index is 2.54. The van der Waals surface area contributed by atoms with E-state index in [-0.39, 0.29) is 5.75 Å². The van der Waals surface area contributed by atoms with E-state index in [4.69, 9.17) is 11.6 Å². The van der Waals surface area contributed by atoms with E-state index >= 15 is 0 Å². The highest BCUT2D eigenvalue weighted by molar-refractivity contribution is 7.91. The van der Waals surface area contributed by atoms with E-state index in [1.54, 1.807) is 24.3 Å². The predicted octanol–water partition coefficient (Wildman–Crippen LogP) is 3.28. The van der Waals surface area contributed by atoms with Gasteiger partial charge in [0.2, 0.25) is 0 Å². The Labute approximate surface area is 121 Å². The molecule has 0 heterocycles. The van der Waals surface area contributed by atoms with Crippen molar-refractivity contribution in [3.8, 4) is 0 Å². The topological polar surface area (TPSA) is 46.2 Å². The van der Waals surface area contributed by atoms with E-state index in [0.717, 1.165) is 19.4 Å². The first kappa shape index (κ1) is 16.5. The fourth-order valence-electron chi connectivity index (χ4n) is 2.02. The molecular weight excluding hydrogens is 282 g/mol. The van der Waals surface area contributed by atoms with Crippen LogP contribution in [-0.2, 0) is 9.84 Å². The van der Waals surface area contributed by atoms with Crippen LogP contribution in [0.15, 0.2) is 29.2 Å². The molecule has 0 radical (unpaired) electrons. The predicted molar refractivity (Wildman–Crippen MR) is 80.5 cm³/mol. The van der Waals surface area contributed by atoms with E-state index in [9.17, 15) is 8.42 Å². The molecule has 1 N–H and O–H groups in total. The van der Waals surface area contributed by atoms with Crippen molar-refractivity contribution in [2.24, 2.45) is 0 Å². The van der Waals surface area contributed by atoms with Crippen LogP contribution in [0.25, 0.3) is 0 Å². The summed E-state index contributed by atoms with van der Waals surface area (Å²) in [5, 5.41) is 3.91. The van der Waals surface area contributed by atoms with Gasteiger partial charge in [0.05, 0.1) is 10.6 Å². The molecule has 19 heavy (non-hydrogen) atoms. The molecule has 0 saturated heterocycles. The standard InChI is InChI=1S/C14H22ClNO2S/c1-3-13(16-4-2)6-5-11-19(17,18)14-9-7-12(15)8-10-14/h7-10,13,16H,3-6,11H2,1-2H3. The van der Waals surface area contributed by atoms with Gasteiger partial charge >= 0.3 is 0 Å². The van der Waals surface area contributed by atoms with E-state index in [1.807, 2.05) is 0 Å². The summed E-state index contributed by atoms with van der Waals surface area (Å²) in [5.74, 6) is 0.191. The van der Waals surface area contributed by atoms with Crippen molar-refractivity contribution in [3.63, 3.8) is 0 Å². The number of nitrogens with one attached hydrogen (secondary N) is 1. The van der Waals surface area contributed by atoms with Crippen molar-refractivity contribution in [3.05, 3.63) is 29.3 Å². The molecule has 0 fully saturated rings. The zero-order valence-corrected chi connectivity index (χ0v) is 13.1. The summed E-state index contributed by atoms with van der Waals surface area (Å²) in [6, 6.07) is 6.77. The Kier molecular flexibility index (Phi) is 6.83. The Morgan fingerprint density at radius 3 is 2.37 bits per heavy atom. The van der Waals surface area contributed by atoms with Crippen LogP contribution in [-0.4, -0.2) is 26.8 Å². The molecule has 0 aromatic heterocycles. The summed E-state index contributed by atoms with van der Waals surface area (Å²) in [4.78, 5) is 0.355. The molecule has 1 unspecified atom stereocenters. The average Bonchev–Trinajstić information content (AvgIpc) is 2.38. The minimum atomic E-state index is -3.18. The number of halogens is 1. The van der Waals surface area contributed by atoms with Crippen molar-refractivity contribution in [2.75, 3.05) is 12.3 Å². The first-order valence-electron chi connectivity index (χ1n) is 6.71. The Hall–Kier alpha value is -0.580. The van der Waals surface area contributed by atoms with Gasteiger partial charge < -0.3 is 5.32 Å². The maximum Gasteiger partial charge on any atom is 0.178 e. The van der Waals surface area contributed by atoms with E-state index in [1.165, 1.54) is 0 Å². The first-order valence-corrected chi connectivity index (χ1v) is 8.74. The van der Waals surface area contributed by atoms with Crippen LogP contribution in [0.4, 0.5) is 0 Å². The lowest BCUT2D eigenvalue weighted by Crippen LogP contribution is -2.28. The minimum absolute atomic E-state index is 0.191. The van der Waals surface area contributed by atoms with Crippen LogP contribution in [0, 0.1) is 0 Å². The lowest BCUT2D eigenvalue weighted by atomic mass is 10.1. The number of hydrogen-bond donors (Lipinski definition) is 1. The molecule has 1 rings (SSSR count). The lowest BCUT2D eigenvalue weighted by molar-refractivity contribution is 0.475. The molecule has 108 valence electrons. The normalized spacial score (nSPS) is 13.4. The summed E-state index contributed by atoms with van der Waals surface area (Å²) in [6.45, 7) is 5.09. The third kappa shape index (κ3) is 5.51. The maximum atomic E-state index is 12.1. The smallest absolute Gasteiger partial charge is 0.178 e. The zero-order chi connectivity index (χ0) is 14.3. The van der Waals surface area contributed by atoms with Gasteiger partial charge in [-0.15, -0.1) is 0 Å². The van der Waals surface area contributed by atoms with Crippen LogP contribution < -0.4 is 5.32 Å². The molecule has 1 aromatic carbocycles. The van der Waals surface area contributed by atoms with Crippen LogP contribution in [0.1, 0.15) is 33.1 Å². The molecule has 0 amide bonds. The molecule has 0 saturated carbocycles. The minimum Gasteiger partial charge on any atom is -0.314 e. The zero-order valence-electron chi connectivity index (χ0n) is 11.5. The number of hydrogen-bond acceptors (Lipinski definition) is 3. The number of benzene rings is 1. The summed E-state index contributed by atoms with van der Waals surface area (Å²) in [7, 11) is -3.18. The van der Waals surface area contributed by atoms with Crippen molar-refractivity contribution >= 4 is 21.4 Å². The van der Waals surface area contributed by atoms with E-state index < -0.39 is 9.84 Å². The number of rotatable bonds is 8. The van der Waals surface area contributed by atoms with Crippen LogP contribution in [0.5, 0.6) is 0 Å². The molecule has 0 aliphatic rings. The molecule has 0 bridgehead atoms. The largest absolute Gasteiger partial charge is 0.314 e. The van der Waals surface area contributed by atoms with Gasteiger partial charge in [-0.25, -0.2) is 8.42 Å². The van der Waals surface area contributed by atoms with Gasteiger partial charge in [0.1, 0.15) is 0 Å². The summed E-state index contributed by atoms with van der Waals surface area (Å²) >= 11 is 5.76. The highest BCUT2D eigenvalue weighted by Crippen LogP contribution is 2.17. The maximum absolute atomic E-state index is 12.1. The second kappa shape index (κ2) is 7.88. The molecule has 1 atom stereocenters. The quantitative estimate of drug-likeness (QED) is 0.801. The highest BCUT2D eigenvalue weighted by atomic mass is 35.5. The van der Waals surface area contributed by atoms with Gasteiger partial charge in [0.25, 0.3) is 0 Å². The van der Waals surface area contributed by atoms with Crippen LogP contribution >= 0.6 is 11.6 Å². The molecule has 5 heteroatoms. The van der Waals surface area contributed by atoms with Gasteiger partial charge in [0.15, 0.2) is 9.84 Å². The Bertz CT molecular complexity index is 471. The lowest BCUT2D eigenvalue weighted by Gasteiger charge is -2.15. The van der Waals surface area contributed by atoms with Gasteiger partial charge in [0, 0.05) is 11.1 Å². The summed E-state index contributed by atoms with van der Waals surface area (Å²) < 4.78 is 24.2. The third-order valence-electron chi connectivity index (χ3n) is 3.12. The van der Waals surface area contributed by atoms with Crippen molar-refractivity contribution in [1.29, 1.82) is 0 Å². The third-order valence-corrected chi connectivity index (χ3v) is 5.19. The summed E-state index contributed by atoms with van der Waals surface area (Å²) in [5.41, 5.74) is 0. The molecule has 1 aromatic rings. The van der Waals surface area contributed by atoms with Gasteiger partial charge in [-0.2, -0.15) is 0 Å². The molecule has 0 spiro atoms. The second-order valence-electron chi connectivity index (χ2n) is 4.58. The molecule has 0 aliphatic heterocycles. The van der Waals surface area contributed by atoms with Gasteiger partial charge in [-0.3, -0.25) is 0 Å². The van der Waals surface area contributed by atoms with Gasteiger partial charge in [-0.05, 0) is 50.1 Å². The molecule has 3 nitrogen and oxygen atoms in total. The van der Waals surface area contributed by atoms with E-state index in [2.05, 4.69) is 19.2 Å². The van der Waals surface area contributed by atoms with Crippen LogP contribution in [0.3, 0.4) is 0 Å². The SMILES string of the molecule is CCNC(CC)CCCS(=O)(=O)c1ccc(Cl)cc1. The van der Waals surface area contributed by atoms with Crippen molar-refractivity contribution in [2.45, 2.75) is 44.0 Å². The van der Waals surface area contributed by atoms with Crippen molar-refractivity contribution < 1.29 is 8.42 Å². The fourth-order valence-corrected chi connectivity index (χ4v) is 3.48. The summed E-state index contributed by atoms with van der Waals surface area (Å²) in [6.07, 6.45) is 2.59. The Morgan fingerprint density at radius 2 is 1.84 bits per heavy atom. The average molecular weight is 304 g/mol. The van der Waals surface area contributed by atoms with E-state index in [0.29, 0.717) is 22.4 Å². The first-order chi connectivity index (χ1) is 8.99. The van der Waals surface area contributed by atoms with Crippen LogP contribution in [0.2, 0.25) is 5.02 Å². The molecule has 0 aliphatic carbocycles. The monoisotopic (exact) mass is 303 g/mol. The van der Waals surface area contributed by atoms with Crippen molar-refractivity contribution in [1.82, 2.24) is 5.32 Å². The number of sulfone groups is 1.